The second-order valence-corrected chi connectivity index (χ2v) is 6.23. The van der Waals surface area contributed by atoms with Crippen molar-refractivity contribution in [3.8, 4) is 0 Å². The third kappa shape index (κ3) is 2.66. The minimum absolute atomic E-state index is 0.127. The highest BCUT2D eigenvalue weighted by atomic mass is 35.5. The standard InChI is InChI=1S/C15H17ClN2O2/c16-11-2-1-3-12(8-11)18-6-4-15(5-7-18)9-13(19)17-14(20)10-15/h1-3,8H,4-7,9-10H2,(H,17,19,20). The van der Waals surface area contributed by atoms with Crippen LogP contribution in [0.3, 0.4) is 0 Å². The summed E-state index contributed by atoms with van der Waals surface area (Å²) in [5, 5.41) is 3.12. The van der Waals surface area contributed by atoms with E-state index in [1.807, 2.05) is 24.3 Å². The number of piperidine rings is 2. The smallest absolute Gasteiger partial charge is 0.227 e. The Morgan fingerprint density at radius 2 is 1.75 bits per heavy atom. The lowest BCUT2D eigenvalue weighted by Gasteiger charge is -2.43. The van der Waals surface area contributed by atoms with E-state index in [4.69, 9.17) is 11.6 Å². The molecule has 0 aliphatic carbocycles. The van der Waals surface area contributed by atoms with Crippen LogP contribution < -0.4 is 10.2 Å². The van der Waals surface area contributed by atoms with Gasteiger partial charge in [-0.1, -0.05) is 17.7 Å². The normalized spacial score (nSPS) is 21.9. The van der Waals surface area contributed by atoms with Crippen molar-refractivity contribution in [2.75, 3.05) is 18.0 Å². The molecule has 0 radical (unpaired) electrons. The van der Waals surface area contributed by atoms with Gasteiger partial charge < -0.3 is 4.90 Å². The molecular weight excluding hydrogens is 276 g/mol. The molecule has 3 rings (SSSR count). The summed E-state index contributed by atoms with van der Waals surface area (Å²) in [4.78, 5) is 25.4. The molecule has 1 aromatic carbocycles. The average molecular weight is 293 g/mol. The maximum Gasteiger partial charge on any atom is 0.227 e. The summed E-state index contributed by atoms with van der Waals surface area (Å²) in [5.41, 5.74) is 0.980. The molecular formula is C15H17ClN2O2. The van der Waals surface area contributed by atoms with Gasteiger partial charge in [0, 0.05) is 36.6 Å². The van der Waals surface area contributed by atoms with Crippen LogP contribution in [0.2, 0.25) is 5.02 Å². The predicted molar refractivity (Wildman–Crippen MR) is 77.7 cm³/mol. The zero-order chi connectivity index (χ0) is 14.2. The van der Waals surface area contributed by atoms with E-state index in [0.717, 1.165) is 36.6 Å². The first-order chi connectivity index (χ1) is 9.56. The lowest BCUT2D eigenvalue weighted by atomic mass is 9.71. The Morgan fingerprint density at radius 3 is 2.35 bits per heavy atom. The summed E-state index contributed by atoms with van der Waals surface area (Å²) in [6.45, 7) is 1.72. The Labute approximate surface area is 123 Å². The molecule has 2 amide bonds. The highest BCUT2D eigenvalue weighted by Gasteiger charge is 2.41. The summed E-state index contributed by atoms with van der Waals surface area (Å²) in [6, 6.07) is 7.81. The minimum Gasteiger partial charge on any atom is -0.371 e. The Hall–Kier alpha value is -1.55. The number of nitrogens with zero attached hydrogens (tertiary/aromatic N) is 1. The first-order valence-corrected chi connectivity index (χ1v) is 7.27. The van der Waals surface area contributed by atoms with Crippen molar-refractivity contribution >= 4 is 29.1 Å². The fraction of sp³-hybridized carbons (Fsp3) is 0.467. The summed E-state index contributed by atoms with van der Waals surface area (Å²) >= 11 is 6.02. The number of amides is 2. The van der Waals surface area contributed by atoms with Gasteiger partial charge in [-0.15, -0.1) is 0 Å². The van der Waals surface area contributed by atoms with Crippen LogP contribution in [0.25, 0.3) is 0 Å². The lowest BCUT2D eigenvalue weighted by Crippen LogP contribution is -2.50. The molecule has 5 heteroatoms. The summed E-state index contributed by atoms with van der Waals surface area (Å²) in [5.74, 6) is -0.255. The van der Waals surface area contributed by atoms with Crippen LogP contribution in [-0.4, -0.2) is 24.9 Å². The number of carbonyl (C=O) groups is 2. The van der Waals surface area contributed by atoms with Crippen molar-refractivity contribution in [3.63, 3.8) is 0 Å². The maximum absolute atomic E-state index is 11.6. The number of nitrogens with one attached hydrogen (secondary N) is 1. The predicted octanol–water partition coefficient (Wildman–Crippen LogP) is 2.36. The number of hydrogen-bond donors (Lipinski definition) is 1. The van der Waals surface area contributed by atoms with Crippen LogP contribution in [-0.2, 0) is 9.59 Å². The Bertz CT molecular complexity index is 533. The summed E-state index contributed by atoms with van der Waals surface area (Å²) in [6.07, 6.45) is 2.70. The quantitative estimate of drug-likeness (QED) is 0.809. The fourth-order valence-corrected chi connectivity index (χ4v) is 3.44. The Kier molecular flexibility index (Phi) is 3.42. The van der Waals surface area contributed by atoms with Crippen LogP contribution in [0.4, 0.5) is 5.69 Å². The second-order valence-electron chi connectivity index (χ2n) is 5.79. The molecule has 0 bridgehead atoms. The number of imide groups is 1. The summed E-state index contributed by atoms with van der Waals surface area (Å²) in [7, 11) is 0. The molecule has 1 N–H and O–H groups in total. The number of benzene rings is 1. The van der Waals surface area contributed by atoms with Gasteiger partial charge in [0.15, 0.2) is 0 Å². The molecule has 1 aromatic rings. The van der Waals surface area contributed by atoms with Crippen molar-refractivity contribution in [2.24, 2.45) is 5.41 Å². The lowest BCUT2D eigenvalue weighted by molar-refractivity contribution is -0.138. The van der Waals surface area contributed by atoms with Crippen molar-refractivity contribution in [1.82, 2.24) is 5.32 Å². The van der Waals surface area contributed by atoms with Gasteiger partial charge in [-0.3, -0.25) is 14.9 Å². The Balaban J connectivity index is 1.70. The summed E-state index contributed by atoms with van der Waals surface area (Å²) < 4.78 is 0. The third-order valence-electron chi connectivity index (χ3n) is 4.35. The largest absolute Gasteiger partial charge is 0.371 e. The van der Waals surface area contributed by atoms with Crippen molar-refractivity contribution in [2.45, 2.75) is 25.7 Å². The number of hydrogen-bond acceptors (Lipinski definition) is 3. The van der Waals surface area contributed by atoms with E-state index in [9.17, 15) is 9.59 Å². The minimum atomic E-state index is -0.130. The van der Waals surface area contributed by atoms with E-state index in [1.54, 1.807) is 0 Å². The van der Waals surface area contributed by atoms with Gasteiger partial charge in [-0.25, -0.2) is 0 Å². The number of anilines is 1. The number of halogens is 1. The van der Waals surface area contributed by atoms with Gasteiger partial charge in [-0.05, 0) is 36.5 Å². The van der Waals surface area contributed by atoms with E-state index in [1.165, 1.54) is 0 Å². The molecule has 2 saturated heterocycles. The first-order valence-electron chi connectivity index (χ1n) is 6.90. The van der Waals surface area contributed by atoms with Gasteiger partial charge in [0.1, 0.15) is 0 Å². The van der Waals surface area contributed by atoms with Crippen LogP contribution in [0.15, 0.2) is 24.3 Å². The van der Waals surface area contributed by atoms with Crippen LogP contribution >= 0.6 is 11.6 Å². The van der Waals surface area contributed by atoms with E-state index < -0.39 is 0 Å². The molecule has 4 nitrogen and oxygen atoms in total. The zero-order valence-corrected chi connectivity index (χ0v) is 11.9. The van der Waals surface area contributed by atoms with Gasteiger partial charge in [-0.2, -0.15) is 0 Å². The molecule has 106 valence electrons. The molecule has 2 heterocycles. The monoisotopic (exact) mass is 292 g/mol. The van der Waals surface area contributed by atoms with E-state index in [0.29, 0.717) is 12.8 Å². The first kappa shape index (κ1) is 13.4. The molecule has 1 spiro atoms. The highest BCUT2D eigenvalue weighted by Crippen LogP contribution is 2.41. The molecule has 0 aromatic heterocycles. The Morgan fingerprint density at radius 1 is 1.10 bits per heavy atom. The average Bonchev–Trinajstić information content (AvgIpc) is 2.38. The molecule has 0 atom stereocenters. The molecule has 20 heavy (non-hydrogen) atoms. The van der Waals surface area contributed by atoms with Crippen LogP contribution in [0.1, 0.15) is 25.7 Å². The van der Waals surface area contributed by atoms with Gasteiger partial charge in [0.2, 0.25) is 11.8 Å². The van der Waals surface area contributed by atoms with Crippen molar-refractivity contribution < 1.29 is 9.59 Å². The topological polar surface area (TPSA) is 49.4 Å². The third-order valence-corrected chi connectivity index (χ3v) is 4.58. The fourth-order valence-electron chi connectivity index (χ4n) is 3.25. The van der Waals surface area contributed by atoms with E-state index in [2.05, 4.69) is 10.2 Å². The zero-order valence-electron chi connectivity index (χ0n) is 11.2. The second kappa shape index (κ2) is 5.09. The molecule has 2 aliphatic rings. The number of carbonyl (C=O) groups excluding carboxylic acids is 2. The number of rotatable bonds is 1. The van der Waals surface area contributed by atoms with Crippen molar-refractivity contribution in [3.05, 3.63) is 29.3 Å². The molecule has 0 unspecified atom stereocenters. The molecule has 0 saturated carbocycles. The molecule has 2 aliphatic heterocycles. The SMILES string of the molecule is O=C1CC2(CCN(c3cccc(Cl)c3)CC2)CC(=O)N1. The van der Waals surface area contributed by atoms with Gasteiger partial charge in [0.05, 0.1) is 0 Å². The van der Waals surface area contributed by atoms with Crippen LogP contribution in [0, 0.1) is 5.41 Å². The van der Waals surface area contributed by atoms with E-state index in [-0.39, 0.29) is 17.2 Å². The molecule has 2 fully saturated rings. The van der Waals surface area contributed by atoms with Crippen LogP contribution in [0.5, 0.6) is 0 Å². The van der Waals surface area contributed by atoms with Gasteiger partial charge >= 0.3 is 0 Å². The van der Waals surface area contributed by atoms with E-state index >= 15 is 0 Å². The van der Waals surface area contributed by atoms with Gasteiger partial charge in [0.25, 0.3) is 0 Å². The maximum atomic E-state index is 11.6. The highest BCUT2D eigenvalue weighted by molar-refractivity contribution is 6.30. The van der Waals surface area contributed by atoms with Crippen molar-refractivity contribution in [1.29, 1.82) is 0 Å².